The summed E-state index contributed by atoms with van der Waals surface area (Å²) in [5.74, 6) is 0.113. The highest BCUT2D eigenvalue weighted by Crippen LogP contribution is 2.37. The molecule has 10 heteroatoms. The first-order valence-corrected chi connectivity index (χ1v) is 9.36. The van der Waals surface area contributed by atoms with E-state index in [9.17, 15) is 23.5 Å². The number of anilines is 1. The van der Waals surface area contributed by atoms with Gasteiger partial charge in [0.1, 0.15) is 0 Å². The Labute approximate surface area is 166 Å². The topological polar surface area (TPSA) is 111 Å². The molecule has 0 aromatic carbocycles. The zero-order valence-electron chi connectivity index (χ0n) is 15.9. The van der Waals surface area contributed by atoms with Gasteiger partial charge in [0.15, 0.2) is 5.82 Å². The molecule has 29 heavy (non-hydrogen) atoms. The number of rotatable bonds is 7. The van der Waals surface area contributed by atoms with E-state index in [0.29, 0.717) is 25.1 Å². The summed E-state index contributed by atoms with van der Waals surface area (Å²) in [6, 6.07) is 4.92. The number of hydrogen-bond acceptors (Lipinski definition) is 4. The second-order valence-electron chi connectivity index (χ2n) is 7.23. The molecule has 0 saturated heterocycles. The van der Waals surface area contributed by atoms with Gasteiger partial charge in [0, 0.05) is 35.6 Å². The van der Waals surface area contributed by atoms with Crippen LogP contribution in [0.15, 0.2) is 24.4 Å². The molecule has 2 aromatic heterocycles. The van der Waals surface area contributed by atoms with Crippen molar-refractivity contribution in [2.24, 2.45) is 0 Å². The van der Waals surface area contributed by atoms with Gasteiger partial charge >= 0.3 is 6.09 Å². The van der Waals surface area contributed by atoms with Crippen molar-refractivity contribution in [3.8, 4) is 0 Å². The minimum atomic E-state index is -2.71. The molecule has 8 nitrogen and oxygen atoms in total. The van der Waals surface area contributed by atoms with E-state index in [2.05, 4.69) is 20.5 Å². The molecule has 2 heterocycles. The lowest BCUT2D eigenvalue weighted by Crippen LogP contribution is -2.41. The van der Waals surface area contributed by atoms with E-state index in [0.717, 1.165) is 21.9 Å². The minimum absolute atomic E-state index is 0.0287. The molecule has 3 N–H and O–H groups in total. The van der Waals surface area contributed by atoms with E-state index in [-0.39, 0.29) is 18.2 Å². The molecule has 2 aromatic rings. The van der Waals surface area contributed by atoms with Gasteiger partial charge in [-0.15, -0.1) is 0 Å². The van der Waals surface area contributed by atoms with E-state index >= 15 is 0 Å². The molecular weight excluding hydrogens is 384 g/mol. The van der Waals surface area contributed by atoms with Crippen LogP contribution < -0.4 is 5.32 Å². The smallest absolute Gasteiger partial charge is 0.407 e. The molecule has 0 radical (unpaired) electrons. The molecule has 1 aliphatic carbocycles. The largest absolute Gasteiger partial charge is 0.465 e. The van der Waals surface area contributed by atoms with E-state index < -0.39 is 25.1 Å². The molecule has 2 amide bonds. The van der Waals surface area contributed by atoms with Crippen LogP contribution in [0.2, 0.25) is 0 Å². The summed E-state index contributed by atoms with van der Waals surface area (Å²) >= 11 is 0. The van der Waals surface area contributed by atoms with Crippen LogP contribution in [0.3, 0.4) is 0 Å². The van der Waals surface area contributed by atoms with Gasteiger partial charge in [-0.2, -0.15) is 5.10 Å². The number of carbonyl (C=O) groups is 2. The molecule has 0 aliphatic heterocycles. The lowest BCUT2D eigenvalue weighted by Gasteiger charge is -2.25. The summed E-state index contributed by atoms with van der Waals surface area (Å²) in [6.07, 6.45) is -0.627. The number of H-pyrrole nitrogens is 1. The number of nitrogens with one attached hydrogen (secondary N) is 2. The van der Waals surface area contributed by atoms with Gasteiger partial charge in [-0.3, -0.25) is 19.8 Å². The van der Waals surface area contributed by atoms with Crippen molar-refractivity contribution in [3.05, 3.63) is 41.3 Å². The normalized spacial score (nSPS) is 18.8. The van der Waals surface area contributed by atoms with Gasteiger partial charge in [0.2, 0.25) is 5.91 Å². The van der Waals surface area contributed by atoms with Crippen LogP contribution in [0.25, 0.3) is 0 Å². The Kier molecular flexibility index (Phi) is 6.40. The van der Waals surface area contributed by atoms with Crippen molar-refractivity contribution < 1.29 is 23.5 Å². The Morgan fingerprint density at radius 2 is 2.17 bits per heavy atom. The monoisotopic (exact) mass is 407 g/mol. The van der Waals surface area contributed by atoms with Crippen molar-refractivity contribution in [2.45, 2.75) is 51.0 Å². The molecule has 0 spiro atoms. The standard InChI is InChI=1S/C19H23F2N5O3/c1-11-2-3-12(9-22-11)6-18(27)23-17-8-15(24-25-17)13-4-5-14(7-13)26(19(28)29)10-16(20)21/h2-3,8-9,13-14,16H,4-7,10H2,1H3,(H,28,29)(H2,23,24,25,27)/t13-,14+/m0/s1. The van der Waals surface area contributed by atoms with Gasteiger partial charge in [-0.25, -0.2) is 13.6 Å². The lowest BCUT2D eigenvalue weighted by atomic mass is 10.0. The maximum absolute atomic E-state index is 12.7. The zero-order chi connectivity index (χ0) is 21.0. The van der Waals surface area contributed by atoms with Crippen molar-refractivity contribution in [1.29, 1.82) is 0 Å². The number of carbonyl (C=O) groups excluding carboxylic acids is 1. The Morgan fingerprint density at radius 1 is 1.38 bits per heavy atom. The summed E-state index contributed by atoms with van der Waals surface area (Å²) in [6.45, 7) is 1.08. The van der Waals surface area contributed by atoms with Crippen LogP contribution >= 0.6 is 0 Å². The van der Waals surface area contributed by atoms with E-state index in [4.69, 9.17) is 0 Å². The highest BCUT2D eigenvalue weighted by Gasteiger charge is 2.34. The number of aryl methyl sites for hydroxylation is 1. The third-order valence-corrected chi connectivity index (χ3v) is 5.07. The quantitative estimate of drug-likeness (QED) is 0.653. The number of hydrogen-bond donors (Lipinski definition) is 3. The summed E-state index contributed by atoms with van der Waals surface area (Å²) < 4.78 is 25.3. The van der Waals surface area contributed by atoms with Crippen LogP contribution in [0.4, 0.5) is 19.4 Å². The number of amides is 2. The lowest BCUT2D eigenvalue weighted by molar-refractivity contribution is -0.115. The third kappa shape index (κ3) is 5.49. The summed E-state index contributed by atoms with van der Waals surface area (Å²) in [5.41, 5.74) is 2.41. The fourth-order valence-corrected chi connectivity index (χ4v) is 3.64. The number of alkyl halides is 2. The van der Waals surface area contributed by atoms with Gasteiger partial charge in [0.25, 0.3) is 6.43 Å². The van der Waals surface area contributed by atoms with Gasteiger partial charge < -0.3 is 10.4 Å². The minimum Gasteiger partial charge on any atom is -0.465 e. The molecule has 2 atom stereocenters. The molecule has 1 fully saturated rings. The molecule has 1 saturated carbocycles. The van der Waals surface area contributed by atoms with E-state index in [1.807, 2.05) is 19.1 Å². The van der Waals surface area contributed by atoms with Crippen LogP contribution in [0.1, 0.15) is 42.1 Å². The Bertz CT molecular complexity index is 856. The summed E-state index contributed by atoms with van der Waals surface area (Å²) in [4.78, 5) is 28.4. The maximum atomic E-state index is 12.7. The highest BCUT2D eigenvalue weighted by atomic mass is 19.3. The number of halogens is 2. The number of pyridine rings is 1. The average molecular weight is 407 g/mol. The Balaban J connectivity index is 1.56. The van der Waals surface area contributed by atoms with Crippen molar-refractivity contribution in [1.82, 2.24) is 20.1 Å². The van der Waals surface area contributed by atoms with Crippen molar-refractivity contribution in [2.75, 3.05) is 11.9 Å². The molecule has 0 bridgehead atoms. The summed E-state index contributed by atoms with van der Waals surface area (Å²) in [7, 11) is 0. The van der Waals surface area contributed by atoms with Gasteiger partial charge in [0.05, 0.1) is 13.0 Å². The van der Waals surface area contributed by atoms with Gasteiger partial charge in [-0.05, 0) is 37.8 Å². The second kappa shape index (κ2) is 8.97. The second-order valence-corrected chi connectivity index (χ2v) is 7.23. The first-order chi connectivity index (χ1) is 13.8. The molecule has 1 aliphatic rings. The average Bonchev–Trinajstić information content (AvgIpc) is 3.30. The maximum Gasteiger partial charge on any atom is 0.407 e. The number of nitrogens with zero attached hydrogens (tertiary/aromatic N) is 3. The number of aromatic nitrogens is 3. The Hall–Kier alpha value is -3.04. The van der Waals surface area contributed by atoms with Gasteiger partial charge in [-0.1, -0.05) is 6.07 Å². The first kappa shape index (κ1) is 20.7. The van der Waals surface area contributed by atoms with Crippen LogP contribution in [-0.4, -0.2) is 56.2 Å². The zero-order valence-corrected chi connectivity index (χ0v) is 15.9. The van der Waals surface area contributed by atoms with Crippen LogP contribution in [0.5, 0.6) is 0 Å². The van der Waals surface area contributed by atoms with Crippen molar-refractivity contribution >= 4 is 17.8 Å². The third-order valence-electron chi connectivity index (χ3n) is 5.07. The molecular formula is C19H23F2N5O3. The van der Waals surface area contributed by atoms with Crippen LogP contribution in [-0.2, 0) is 11.2 Å². The Morgan fingerprint density at radius 3 is 2.83 bits per heavy atom. The highest BCUT2D eigenvalue weighted by molar-refractivity contribution is 5.91. The first-order valence-electron chi connectivity index (χ1n) is 9.36. The fraction of sp³-hybridized carbons (Fsp3) is 0.474. The molecule has 156 valence electrons. The molecule has 3 rings (SSSR count). The fourth-order valence-electron chi connectivity index (χ4n) is 3.64. The number of aromatic amines is 1. The van der Waals surface area contributed by atoms with E-state index in [1.54, 1.807) is 12.3 Å². The predicted octanol–water partition coefficient (Wildman–Crippen LogP) is 3.18. The van der Waals surface area contributed by atoms with Crippen molar-refractivity contribution in [3.63, 3.8) is 0 Å². The number of carboxylic acid groups (broad SMARTS) is 1. The van der Waals surface area contributed by atoms with Crippen LogP contribution in [0, 0.1) is 6.92 Å². The summed E-state index contributed by atoms with van der Waals surface area (Å²) in [5, 5.41) is 18.9. The van der Waals surface area contributed by atoms with E-state index in [1.165, 1.54) is 0 Å². The molecule has 0 unspecified atom stereocenters. The SMILES string of the molecule is Cc1ccc(CC(=O)Nc2cc([C@H]3CC[C@@H](N(CC(F)F)C(=O)O)C3)[nH]n2)cn1. The predicted molar refractivity (Wildman–Crippen MR) is 101 cm³/mol.